The van der Waals surface area contributed by atoms with Gasteiger partial charge in [0.05, 0.1) is 18.8 Å². The van der Waals surface area contributed by atoms with E-state index in [2.05, 4.69) is 67.4 Å². The summed E-state index contributed by atoms with van der Waals surface area (Å²) in [5.41, 5.74) is 3.66. The third-order valence-electron chi connectivity index (χ3n) is 4.12. The molecule has 0 bridgehead atoms. The molecule has 1 aliphatic heterocycles. The maximum Gasteiger partial charge on any atom is 0.0875 e. The van der Waals surface area contributed by atoms with Gasteiger partial charge in [-0.3, -0.25) is 9.91 Å². The van der Waals surface area contributed by atoms with Crippen molar-refractivity contribution in [1.29, 1.82) is 0 Å². The number of hydrogen-bond donors (Lipinski definition) is 0. The van der Waals surface area contributed by atoms with E-state index >= 15 is 0 Å². The molecule has 4 nitrogen and oxygen atoms in total. The summed E-state index contributed by atoms with van der Waals surface area (Å²) in [7, 11) is 0. The molecular weight excluding hydrogens is 352 g/mol. The molecule has 1 aliphatic rings. The molecule has 23 heavy (non-hydrogen) atoms. The molecule has 0 saturated carbocycles. The summed E-state index contributed by atoms with van der Waals surface area (Å²) < 4.78 is 1.06. The standard InChI is InChI=1S/C18H21BrN4/c1-15-4-2-3-5-16(15)14-22-10-12-23(13-11-22)21-20-18-8-6-17(19)7-9-18/h2-9H,10-14H2,1H3/b21-20+. The fourth-order valence-electron chi connectivity index (χ4n) is 2.64. The second kappa shape index (κ2) is 7.70. The molecule has 1 saturated heterocycles. The van der Waals surface area contributed by atoms with Gasteiger partial charge in [0.15, 0.2) is 0 Å². The minimum Gasteiger partial charge on any atom is -0.295 e. The van der Waals surface area contributed by atoms with Crippen LogP contribution in [-0.2, 0) is 6.54 Å². The highest BCUT2D eigenvalue weighted by molar-refractivity contribution is 9.10. The fraction of sp³-hybridized carbons (Fsp3) is 0.333. The molecule has 0 amide bonds. The van der Waals surface area contributed by atoms with E-state index in [0.29, 0.717) is 0 Å². The van der Waals surface area contributed by atoms with Gasteiger partial charge < -0.3 is 0 Å². The van der Waals surface area contributed by atoms with Crippen molar-refractivity contribution in [2.45, 2.75) is 13.5 Å². The zero-order chi connectivity index (χ0) is 16.1. The van der Waals surface area contributed by atoms with Gasteiger partial charge in [-0.2, -0.15) is 0 Å². The van der Waals surface area contributed by atoms with Crippen molar-refractivity contribution in [2.24, 2.45) is 10.3 Å². The van der Waals surface area contributed by atoms with Gasteiger partial charge in [0.25, 0.3) is 0 Å². The molecule has 2 aromatic carbocycles. The Balaban J connectivity index is 1.50. The lowest BCUT2D eigenvalue weighted by molar-refractivity contribution is 0.124. The number of benzene rings is 2. The van der Waals surface area contributed by atoms with Crippen LogP contribution in [-0.4, -0.2) is 36.1 Å². The summed E-state index contributed by atoms with van der Waals surface area (Å²) in [6.07, 6.45) is 0. The molecule has 0 aliphatic carbocycles. The molecule has 3 rings (SSSR count). The monoisotopic (exact) mass is 372 g/mol. The first kappa shape index (κ1) is 16.1. The highest BCUT2D eigenvalue weighted by atomic mass is 79.9. The van der Waals surface area contributed by atoms with E-state index in [4.69, 9.17) is 0 Å². The Bertz CT molecular complexity index is 661. The Morgan fingerprint density at radius 2 is 1.65 bits per heavy atom. The first-order valence-electron chi connectivity index (χ1n) is 7.90. The minimum absolute atomic E-state index is 0.885. The van der Waals surface area contributed by atoms with Gasteiger partial charge in [-0.05, 0) is 42.3 Å². The normalized spacial score (nSPS) is 16.2. The Labute approximate surface area is 145 Å². The summed E-state index contributed by atoms with van der Waals surface area (Å²) in [5, 5.41) is 10.7. The summed E-state index contributed by atoms with van der Waals surface area (Å²) in [6.45, 7) is 7.08. The molecule has 120 valence electrons. The van der Waals surface area contributed by atoms with E-state index in [1.807, 2.05) is 24.3 Å². The fourth-order valence-corrected chi connectivity index (χ4v) is 2.90. The van der Waals surface area contributed by atoms with Crippen molar-refractivity contribution in [2.75, 3.05) is 26.2 Å². The third kappa shape index (κ3) is 4.62. The van der Waals surface area contributed by atoms with Gasteiger partial charge in [0.2, 0.25) is 0 Å². The molecule has 0 spiro atoms. The number of aryl methyl sites for hydroxylation is 1. The van der Waals surface area contributed by atoms with Crippen LogP contribution in [0.2, 0.25) is 0 Å². The maximum atomic E-state index is 4.36. The maximum absolute atomic E-state index is 4.36. The van der Waals surface area contributed by atoms with E-state index in [0.717, 1.165) is 42.9 Å². The third-order valence-corrected chi connectivity index (χ3v) is 4.65. The van der Waals surface area contributed by atoms with Gasteiger partial charge in [-0.25, -0.2) is 0 Å². The molecule has 1 heterocycles. The molecule has 5 heteroatoms. The van der Waals surface area contributed by atoms with Crippen LogP contribution in [0.5, 0.6) is 0 Å². The van der Waals surface area contributed by atoms with Crippen LogP contribution in [0, 0.1) is 6.92 Å². The second-order valence-corrected chi connectivity index (χ2v) is 6.74. The molecular formula is C18H21BrN4. The van der Waals surface area contributed by atoms with Crippen LogP contribution in [0.1, 0.15) is 11.1 Å². The number of piperazine rings is 1. The highest BCUT2D eigenvalue weighted by Crippen LogP contribution is 2.18. The average Bonchev–Trinajstić information content (AvgIpc) is 2.58. The summed E-state index contributed by atoms with van der Waals surface area (Å²) in [6, 6.07) is 16.5. The van der Waals surface area contributed by atoms with Crippen molar-refractivity contribution in [3.63, 3.8) is 0 Å². The smallest absolute Gasteiger partial charge is 0.0875 e. The van der Waals surface area contributed by atoms with Crippen molar-refractivity contribution < 1.29 is 0 Å². The van der Waals surface area contributed by atoms with Crippen molar-refractivity contribution in [3.05, 3.63) is 64.1 Å². The summed E-state index contributed by atoms with van der Waals surface area (Å²) in [4.78, 5) is 2.48. The van der Waals surface area contributed by atoms with Crippen LogP contribution in [0.25, 0.3) is 0 Å². The molecule has 0 atom stereocenters. The first-order chi connectivity index (χ1) is 11.2. The van der Waals surface area contributed by atoms with Crippen molar-refractivity contribution >= 4 is 21.6 Å². The molecule has 0 N–H and O–H groups in total. The van der Waals surface area contributed by atoms with E-state index in [-0.39, 0.29) is 0 Å². The Morgan fingerprint density at radius 3 is 2.35 bits per heavy atom. The molecule has 0 aromatic heterocycles. The number of rotatable bonds is 4. The lowest BCUT2D eigenvalue weighted by Crippen LogP contribution is -2.43. The van der Waals surface area contributed by atoms with E-state index < -0.39 is 0 Å². The zero-order valence-electron chi connectivity index (χ0n) is 13.3. The topological polar surface area (TPSA) is 31.2 Å². The van der Waals surface area contributed by atoms with Gasteiger partial charge in [0, 0.05) is 24.1 Å². The Morgan fingerprint density at radius 1 is 0.957 bits per heavy atom. The molecule has 1 fully saturated rings. The number of hydrogen-bond acceptors (Lipinski definition) is 3. The predicted octanol–water partition coefficient (Wildman–Crippen LogP) is 4.57. The quantitative estimate of drug-likeness (QED) is 0.735. The SMILES string of the molecule is Cc1ccccc1CN1CCN(/N=N/c2ccc(Br)cc2)CC1. The van der Waals surface area contributed by atoms with E-state index in [1.54, 1.807) is 0 Å². The number of nitrogens with zero attached hydrogens (tertiary/aromatic N) is 4. The van der Waals surface area contributed by atoms with Gasteiger partial charge in [-0.1, -0.05) is 45.4 Å². The van der Waals surface area contributed by atoms with E-state index in [1.165, 1.54) is 11.1 Å². The van der Waals surface area contributed by atoms with Crippen LogP contribution in [0.4, 0.5) is 5.69 Å². The Kier molecular flexibility index (Phi) is 5.41. The van der Waals surface area contributed by atoms with E-state index in [9.17, 15) is 0 Å². The summed E-state index contributed by atoms with van der Waals surface area (Å²) in [5.74, 6) is 0. The zero-order valence-corrected chi connectivity index (χ0v) is 14.9. The predicted molar refractivity (Wildman–Crippen MR) is 96.7 cm³/mol. The van der Waals surface area contributed by atoms with Gasteiger partial charge >= 0.3 is 0 Å². The molecule has 0 unspecified atom stereocenters. The summed E-state index contributed by atoms with van der Waals surface area (Å²) >= 11 is 3.42. The highest BCUT2D eigenvalue weighted by Gasteiger charge is 2.16. The lowest BCUT2D eigenvalue weighted by atomic mass is 10.1. The molecule has 2 aromatic rings. The molecule has 0 radical (unpaired) electrons. The van der Waals surface area contributed by atoms with Crippen molar-refractivity contribution in [1.82, 2.24) is 9.91 Å². The van der Waals surface area contributed by atoms with Crippen LogP contribution in [0.3, 0.4) is 0 Å². The lowest BCUT2D eigenvalue weighted by Gasteiger charge is -2.32. The Hall–Kier alpha value is -1.72. The second-order valence-electron chi connectivity index (χ2n) is 5.82. The minimum atomic E-state index is 0.885. The number of halogens is 1. The van der Waals surface area contributed by atoms with Gasteiger partial charge in [-0.15, -0.1) is 5.11 Å². The largest absolute Gasteiger partial charge is 0.295 e. The van der Waals surface area contributed by atoms with Crippen molar-refractivity contribution in [3.8, 4) is 0 Å². The van der Waals surface area contributed by atoms with Crippen LogP contribution >= 0.6 is 15.9 Å². The first-order valence-corrected chi connectivity index (χ1v) is 8.69. The van der Waals surface area contributed by atoms with Crippen LogP contribution < -0.4 is 0 Å². The van der Waals surface area contributed by atoms with Crippen LogP contribution in [0.15, 0.2) is 63.3 Å². The van der Waals surface area contributed by atoms with Gasteiger partial charge in [0.1, 0.15) is 0 Å². The average molecular weight is 373 g/mol.